The molecule has 0 amide bonds. The molecule has 0 spiro atoms. The molecule has 0 atom stereocenters. The van der Waals surface area contributed by atoms with Gasteiger partial charge >= 0.3 is 0 Å². The van der Waals surface area contributed by atoms with Crippen LogP contribution in [0.15, 0.2) is 89.0 Å². The summed E-state index contributed by atoms with van der Waals surface area (Å²) < 4.78 is 5.90. The molecule has 0 aliphatic heterocycles. The molecule has 4 aromatic rings. The van der Waals surface area contributed by atoms with Crippen molar-refractivity contribution < 1.29 is 9.84 Å². The fourth-order valence-corrected chi connectivity index (χ4v) is 5.42. The van der Waals surface area contributed by atoms with Gasteiger partial charge in [0.1, 0.15) is 11.5 Å². The smallest absolute Gasteiger partial charge is 0.131 e. The van der Waals surface area contributed by atoms with Gasteiger partial charge in [0.25, 0.3) is 0 Å². The van der Waals surface area contributed by atoms with Crippen LogP contribution in [0.4, 0.5) is 0 Å². The summed E-state index contributed by atoms with van der Waals surface area (Å²) in [5, 5.41) is 15.7. The van der Waals surface area contributed by atoms with Gasteiger partial charge in [0.2, 0.25) is 0 Å². The van der Waals surface area contributed by atoms with Crippen molar-refractivity contribution >= 4 is 21.5 Å². The Labute approximate surface area is 189 Å². The second kappa shape index (κ2) is 7.56. The van der Waals surface area contributed by atoms with Crippen molar-refractivity contribution in [2.24, 2.45) is 0 Å². The molecule has 32 heavy (non-hydrogen) atoms. The van der Waals surface area contributed by atoms with Crippen LogP contribution in [0.25, 0.3) is 32.7 Å². The van der Waals surface area contributed by atoms with E-state index in [1.165, 1.54) is 22.3 Å². The van der Waals surface area contributed by atoms with Gasteiger partial charge in [-0.15, -0.1) is 0 Å². The molecule has 1 aliphatic carbocycles. The van der Waals surface area contributed by atoms with Crippen molar-refractivity contribution in [2.75, 3.05) is 7.11 Å². The van der Waals surface area contributed by atoms with Crippen LogP contribution in [-0.2, 0) is 0 Å². The van der Waals surface area contributed by atoms with Crippen molar-refractivity contribution in [3.63, 3.8) is 0 Å². The fraction of sp³-hybridized carbons (Fsp3) is 0.200. The van der Waals surface area contributed by atoms with E-state index in [-0.39, 0.29) is 5.92 Å². The third-order valence-corrected chi connectivity index (χ3v) is 7.36. The van der Waals surface area contributed by atoms with Gasteiger partial charge in [-0.1, -0.05) is 71.8 Å². The molecule has 4 aromatic carbocycles. The van der Waals surface area contributed by atoms with Gasteiger partial charge in [0, 0.05) is 22.4 Å². The normalized spacial score (nSPS) is 14.8. The first-order valence-electron chi connectivity index (χ1n) is 11.1. The van der Waals surface area contributed by atoms with Crippen LogP contribution in [0.5, 0.6) is 11.5 Å². The minimum absolute atomic E-state index is 0.130. The molecule has 0 bridgehead atoms. The first kappa shape index (κ1) is 20.4. The van der Waals surface area contributed by atoms with Crippen LogP contribution in [-0.4, -0.2) is 12.2 Å². The number of ether oxygens (including phenoxy) is 1. The highest BCUT2D eigenvalue weighted by molar-refractivity contribution is 6.17. The van der Waals surface area contributed by atoms with E-state index in [2.05, 4.69) is 58.0 Å². The van der Waals surface area contributed by atoms with Crippen molar-refractivity contribution in [1.82, 2.24) is 0 Å². The van der Waals surface area contributed by atoms with E-state index in [1.807, 2.05) is 36.4 Å². The Morgan fingerprint density at radius 3 is 1.78 bits per heavy atom. The van der Waals surface area contributed by atoms with E-state index in [4.69, 9.17) is 4.74 Å². The lowest BCUT2D eigenvalue weighted by Crippen LogP contribution is -2.05. The minimum atomic E-state index is 0.130. The lowest BCUT2D eigenvalue weighted by Gasteiger charge is -2.24. The van der Waals surface area contributed by atoms with Crippen molar-refractivity contribution in [3.05, 3.63) is 94.6 Å². The van der Waals surface area contributed by atoms with E-state index in [9.17, 15) is 5.11 Å². The topological polar surface area (TPSA) is 29.5 Å². The number of phenols is 1. The molecule has 0 aromatic heterocycles. The second-order valence-electron chi connectivity index (χ2n) is 8.79. The van der Waals surface area contributed by atoms with E-state index >= 15 is 0 Å². The average molecular weight is 421 g/mol. The first-order valence-corrected chi connectivity index (χ1v) is 11.1. The molecular formula is C30H28O2. The predicted octanol–water partition coefficient (Wildman–Crippen LogP) is 8.14. The molecule has 0 heterocycles. The molecule has 1 aliphatic rings. The number of phenolic OH excluding ortho intramolecular Hbond substituents is 1. The Kier molecular flexibility index (Phi) is 4.82. The van der Waals surface area contributed by atoms with Crippen LogP contribution in [0.3, 0.4) is 0 Å². The molecule has 2 heteroatoms. The van der Waals surface area contributed by atoms with Crippen molar-refractivity contribution in [1.29, 1.82) is 0 Å². The lowest BCUT2D eigenvalue weighted by molar-refractivity contribution is 0.409. The largest absolute Gasteiger partial charge is 0.507 e. The van der Waals surface area contributed by atoms with Gasteiger partial charge in [-0.3, -0.25) is 0 Å². The summed E-state index contributed by atoms with van der Waals surface area (Å²) in [6.07, 6.45) is 0. The molecule has 1 N–H and O–H groups in total. The second-order valence-corrected chi connectivity index (χ2v) is 8.79. The number of hydrogen-bond donors (Lipinski definition) is 1. The van der Waals surface area contributed by atoms with Gasteiger partial charge in [-0.2, -0.15) is 0 Å². The van der Waals surface area contributed by atoms with Gasteiger partial charge in [0.15, 0.2) is 0 Å². The highest BCUT2D eigenvalue weighted by Crippen LogP contribution is 2.52. The Bertz CT molecular complexity index is 1430. The average Bonchev–Trinajstić information content (AvgIpc) is 3.01. The number of rotatable bonds is 3. The van der Waals surface area contributed by atoms with Gasteiger partial charge in [-0.05, 0) is 66.6 Å². The first-order chi connectivity index (χ1) is 15.5. The zero-order valence-electron chi connectivity index (χ0n) is 19.3. The van der Waals surface area contributed by atoms with Crippen LogP contribution >= 0.6 is 0 Å². The molecule has 0 unspecified atom stereocenters. The summed E-state index contributed by atoms with van der Waals surface area (Å²) in [5.74, 6) is 1.31. The maximum Gasteiger partial charge on any atom is 0.131 e. The van der Waals surface area contributed by atoms with Gasteiger partial charge in [0.05, 0.1) is 7.11 Å². The van der Waals surface area contributed by atoms with Crippen LogP contribution in [0.2, 0.25) is 0 Å². The van der Waals surface area contributed by atoms with Crippen LogP contribution in [0, 0.1) is 0 Å². The predicted molar refractivity (Wildman–Crippen MR) is 135 cm³/mol. The summed E-state index contributed by atoms with van der Waals surface area (Å²) in [6.45, 7) is 8.83. The van der Waals surface area contributed by atoms with Crippen molar-refractivity contribution in [2.45, 2.75) is 33.6 Å². The maximum absolute atomic E-state index is 11.6. The standard InChI is InChI=1S/C30H28O2/c1-17-18(2)20(4)27(19(17)3)29-25(15-10-16-26(29)32-5)28-23-13-8-6-11-21(23)22-12-7-9-14-24(22)30(28)31/h6-16,27,31H,1-5H3. The quantitative estimate of drug-likeness (QED) is 0.339. The van der Waals surface area contributed by atoms with Crippen molar-refractivity contribution in [3.8, 4) is 22.6 Å². The molecule has 0 saturated carbocycles. The number of benzene rings is 4. The number of aromatic hydroxyl groups is 1. The van der Waals surface area contributed by atoms with E-state index in [1.54, 1.807) is 7.11 Å². The Morgan fingerprint density at radius 1 is 0.656 bits per heavy atom. The highest BCUT2D eigenvalue weighted by atomic mass is 16.5. The highest BCUT2D eigenvalue weighted by Gasteiger charge is 2.31. The summed E-state index contributed by atoms with van der Waals surface area (Å²) in [7, 11) is 1.73. The Morgan fingerprint density at radius 2 is 1.19 bits per heavy atom. The molecule has 0 fully saturated rings. The number of hydrogen-bond acceptors (Lipinski definition) is 2. The zero-order chi connectivity index (χ0) is 22.6. The monoisotopic (exact) mass is 420 g/mol. The fourth-order valence-electron chi connectivity index (χ4n) is 5.42. The number of fused-ring (bicyclic) bond motifs is 3. The van der Waals surface area contributed by atoms with Crippen LogP contribution < -0.4 is 4.74 Å². The number of allylic oxidation sites excluding steroid dienone is 4. The summed E-state index contributed by atoms with van der Waals surface area (Å²) in [6, 6.07) is 22.6. The van der Waals surface area contributed by atoms with Gasteiger partial charge < -0.3 is 9.84 Å². The Balaban J connectivity index is 1.94. The third kappa shape index (κ3) is 2.79. The lowest BCUT2D eigenvalue weighted by atomic mass is 9.81. The van der Waals surface area contributed by atoms with E-state index < -0.39 is 0 Å². The molecule has 0 radical (unpaired) electrons. The number of methoxy groups -OCH3 is 1. The van der Waals surface area contributed by atoms with E-state index in [0.29, 0.717) is 5.75 Å². The molecule has 5 rings (SSSR count). The third-order valence-electron chi connectivity index (χ3n) is 7.36. The summed E-state index contributed by atoms with van der Waals surface area (Å²) in [5.41, 5.74) is 8.39. The molecule has 2 nitrogen and oxygen atoms in total. The SMILES string of the molecule is COc1cccc(-c2c(O)c3ccccc3c3ccccc23)c1C1C(C)=C(C)C(C)=C1C. The van der Waals surface area contributed by atoms with Gasteiger partial charge in [-0.25, -0.2) is 0 Å². The maximum atomic E-state index is 11.6. The summed E-state index contributed by atoms with van der Waals surface area (Å²) in [4.78, 5) is 0. The zero-order valence-corrected chi connectivity index (χ0v) is 19.3. The molecular weight excluding hydrogens is 392 g/mol. The molecule has 0 saturated heterocycles. The Hall–Kier alpha value is -3.52. The molecule has 160 valence electrons. The van der Waals surface area contributed by atoms with Crippen LogP contribution in [0.1, 0.15) is 39.2 Å². The summed E-state index contributed by atoms with van der Waals surface area (Å²) >= 11 is 0. The van der Waals surface area contributed by atoms with E-state index in [0.717, 1.165) is 44.0 Å². The minimum Gasteiger partial charge on any atom is -0.507 e.